The molecule has 1 aromatic carbocycles. The van der Waals surface area contributed by atoms with Crippen molar-refractivity contribution in [3.05, 3.63) is 29.8 Å². The Hall–Kier alpha value is -1.27. The second-order valence-corrected chi connectivity index (χ2v) is 9.16. The van der Waals surface area contributed by atoms with E-state index >= 15 is 0 Å². The molecule has 0 unspecified atom stereocenters. The third-order valence-electron chi connectivity index (χ3n) is 5.55. The molecule has 152 valence electrons. The second-order valence-electron chi connectivity index (χ2n) is 9.16. The molecule has 27 heavy (non-hydrogen) atoms. The maximum Gasteiger partial charge on any atom is 0.416 e. The minimum absolute atomic E-state index is 0.310. The van der Waals surface area contributed by atoms with Crippen LogP contribution in [0.25, 0.3) is 0 Å². The Bertz CT molecular complexity index is 616. The third-order valence-corrected chi connectivity index (χ3v) is 5.55. The highest BCUT2D eigenvalue weighted by atomic mass is 19.4. The van der Waals surface area contributed by atoms with Crippen molar-refractivity contribution in [2.24, 2.45) is 5.41 Å². The van der Waals surface area contributed by atoms with Crippen LogP contribution in [-0.4, -0.2) is 61.7 Å². The predicted molar refractivity (Wildman–Crippen MR) is 104 cm³/mol. The SMILES string of the molecule is CC(C)(C)CN1CCC[C@H](N2CCN(c3cccc(C(F)(F)F)c3)CC2)C1. The van der Waals surface area contributed by atoms with Crippen molar-refractivity contribution in [2.75, 3.05) is 50.7 Å². The summed E-state index contributed by atoms with van der Waals surface area (Å²) in [7, 11) is 0. The van der Waals surface area contributed by atoms with Crippen LogP contribution in [-0.2, 0) is 6.18 Å². The molecule has 0 spiro atoms. The van der Waals surface area contributed by atoms with Gasteiger partial charge < -0.3 is 9.80 Å². The lowest BCUT2D eigenvalue weighted by Crippen LogP contribution is -2.55. The van der Waals surface area contributed by atoms with E-state index in [-0.39, 0.29) is 0 Å². The van der Waals surface area contributed by atoms with E-state index in [1.165, 1.54) is 31.5 Å². The van der Waals surface area contributed by atoms with Crippen LogP contribution in [0, 0.1) is 5.41 Å². The highest BCUT2D eigenvalue weighted by Gasteiger charge is 2.32. The molecule has 1 atom stereocenters. The summed E-state index contributed by atoms with van der Waals surface area (Å²) in [6.45, 7) is 13.7. The fourth-order valence-corrected chi connectivity index (χ4v) is 4.37. The molecule has 2 fully saturated rings. The summed E-state index contributed by atoms with van der Waals surface area (Å²) >= 11 is 0. The van der Waals surface area contributed by atoms with Gasteiger partial charge >= 0.3 is 6.18 Å². The third kappa shape index (κ3) is 5.61. The molecule has 3 rings (SSSR count). The molecule has 2 aliphatic heterocycles. The molecule has 0 bridgehead atoms. The second kappa shape index (κ2) is 8.00. The highest BCUT2D eigenvalue weighted by molar-refractivity contribution is 5.49. The van der Waals surface area contributed by atoms with Gasteiger partial charge in [0.2, 0.25) is 0 Å². The fourth-order valence-electron chi connectivity index (χ4n) is 4.37. The van der Waals surface area contributed by atoms with E-state index in [1.807, 2.05) is 0 Å². The first-order chi connectivity index (χ1) is 12.6. The Morgan fingerprint density at radius 2 is 1.70 bits per heavy atom. The number of piperazine rings is 1. The van der Waals surface area contributed by atoms with Crippen LogP contribution in [0.1, 0.15) is 39.2 Å². The number of hydrogen-bond donors (Lipinski definition) is 0. The van der Waals surface area contributed by atoms with E-state index in [9.17, 15) is 13.2 Å². The lowest BCUT2D eigenvalue weighted by atomic mass is 9.94. The van der Waals surface area contributed by atoms with Crippen LogP contribution in [0.15, 0.2) is 24.3 Å². The van der Waals surface area contributed by atoms with Gasteiger partial charge in [0.05, 0.1) is 5.56 Å². The first kappa shape index (κ1) is 20.5. The molecule has 0 aromatic heterocycles. The molecule has 0 radical (unpaired) electrons. The molecule has 2 aliphatic rings. The summed E-state index contributed by atoms with van der Waals surface area (Å²) in [5.74, 6) is 0. The Morgan fingerprint density at radius 1 is 1.00 bits per heavy atom. The zero-order valence-corrected chi connectivity index (χ0v) is 16.7. The van der Waals surface area contributed by atoms with Crippen molar-refractivity contribution < 1.29 is 13.2 Å². The predicted octanol–water partition coefficient (Wildman–Crippen LogP) is 4.34. The van der Waals surface area contributed by atoms with Crippen LogP contribution >= 0.6 is 0 Å². The average molecular weight is 384 g/mol. The maximum atomic E-state index is 13.0. The van der Waals surface area contributed by atoms with Gasteiger partial charge in [0.25, 0.3) is 0 Å². The van der Waals surface area contributed by atoms with Crippen molar-refractivity contribution in [1.82, 2.24) is 9.80 Å². The quantitative estimate of drug-likeness (QED) is 0.769. The van der Waals surface area contributed by atoms with Gasteiger partial charge in [-0.25, -0.2) is 0 Å². The summed E-state index contributed by atoms with van der Waals surface area (Å²) in [5.41, 5.74) is 0.430. The summed E-state index contributed by atoms with van der Waals surface area (Å²) < 4.78 is 38.9. The normalized spacial score (nSPS) is 23.6. The van der Waals surface area contributed by atoms with E-state index in [0.717, 1.165) is 45.3 Å². The first-order valence-electron chi connectivity index (χ1n) is 10.0. The lowest BCUT2D eigenvalue weighted by molar-refractivity contribution is -0.137. The number of rotatable bonds is 3. The van der Waals surface area contributed by atoms with E-state index < -0.39 is 11.7 Å². The smallest absolute Gasteiger partial charge is 0.369 e. The zero-order valence-electron chi connectivity index (χ0n) is 16.7. The van der Waals surface area contributed by atoms with Crippen LogP contribution in [0.3, 0.4) is 0 Å². The number of piperidine rings is 1. The molecule has 0 amide bonds. The summed E-state index contributed by atoms with van der Waals surface area (Å²) in [6.07, 6.45) is -1.82. The van der Waals surface area contributed by atoms with Crippen LogP contribution in [0.4, 0.5) is 18.9 Å². The highest BCUT2D eigenvalue weighted by Crippen LogP contribution is 2.32. The number of likely N-dealkylation sites (tertiary alicyclic amines) is 1. The fraction of sp³-hybridized carbons (Fsp3) is 0.714. The Balaban J connectivity index is 1.56. The summed E-state index contributed by atoms with van der Waals surface area (Å²) in [5, 5.41) is 0. The number of benzene rings is 1. The molecular formula is C21H32F3N3. The number of anilines is 1. The minimum atomic E-state index is -4.28. The molecule has 1 aromatic rings. The maximum absolute atomic E-state index is 13.0. The molecule has 3 nitrogen and oxygen atoms in total. The molecule has 2 saturated heterocycles. The van der Waals surface area contributed by atoms with E-state index in [0.29, 0.717) is 17.1 Å². The summed E-state index contributed by atoms with van der Waals surface area (Å²) in [4.78, 5) is 7.20. The number of halogens is 3. The minimum Gasteiger partial charge on any atom is -0.369 e. The Kier molecular flexibility index (Phi) is 6.06. The number of alkyl halides is 3. The molecule has 6 heteroatoms. The monoisotopic (exact) mass is 383 g/mol. The van der Waals surface area contributed by atoms with Gasteiger partial charge in [-0.3, -0.25) is 4.90 Å². The molecule has 2 heterocycles. The average Bonchev–Trinajstić information content (AvgIpc) is 2.60. The standard InChI is InChI=1S/C21H32F3N3/c1-20(2,3)16-25-9-5-8-19(15-25)27-12-10-26(11-13-27)18-7-4-6-17(14-18)21(22,23)24/h4,6-7,14,19H,5,8-13,15-16H2,1-3H3/t19-/m0/s1. The molecule has 0 saturated carbocycles. The topological polar surface area (TPSA) is 9.72 Å². The van der Waals surface area contributed by atoms with E-state index in [1.54, 1.807) is 6.07 Å². The van der Waals surface area contributed by atoms with Gasteiger partial charge in [-0.2, -0.15) is 13.2 Å². The van der Waals surface area contributed by atoms with Crippen molar-refractivity contribution in [3.8, 4) is 0 Å². The van der Waals surface area contributed by atoms with Gasteiger partial charge in [-0.15, -0.1) is 0 Å². The van der Waals surface area contributed by atoms with Gasteiger partial charge in [-0.1, -0.05) is 26.8 Å². The van der Waals surface area contributed by atoms with Crippen molar-refractivity contribution >= 4 is 5.69 Å². The first-order valence-corrected chi connectivity index (χ1v) is 10.0. The molecule has 0 N–H and O–H groups in total. The van der Waals surface area contributed by atoms with Crippen LogP contribution in [0.2, 0.25) is 0 Å². The number of hydrogen-bond acceptors (Lipinski definition) is 3. The lowest BCUT2D eigenvalue weighted by Gasteiger charge is -2.45. The molecule has 0 aliphatic carbocycles. The van der Waals surface area contributed by atoms with Gasteiger partial charge in [-0.05, 0) is 43.0 Å². The molecular weight excluding hydrogens is 351 g/mol. The van der Waals surface area contributed by atoms with E-state index in [4.69, 9.17) is 0 Å². The Morgan fingerprint density at radius 3 is 2.33 bits per heavy atom. The summed E-state index contributed by atoms with van der Waals surface area (Å²) in [6, 6.07) is 6.30. The van der Waals surface area contributed by atoms with Crippen LogP contribution in [0.5, 0.6) is 0 Å². The van der Waals surface area contributed by atoms with Crippen molar-refractivity contribution in [1.29, 1.82) is 0 Å². The largest absolute Gasteiger partial charge is 0.416 e. The zero-order chi connectivity index (χ0) is 19.7. The Labute approximate surface area is 161 Å². The van der Waals surface area contributed by atoms with Gasteiger partial charge in [0.15, 0.2) is 0 Å². The van der Waals surface area contributed by atoms with E-state index in [2.05, 4.69) is 35.5 Å². The van der Waals surface area contributed by atoms with Crippen LogP contribution < -0.4 is 4.90 Å². The van der Waals surface area contributed by atoms with Gasteiger partial charge in [0, 0.05) is 51.0 Å². The van der Waals surface area contributed by atoms with Crippen molar-refractivity contribution in [2.45, 2.75) is 45.8 Å². The van der Waals surface area contributed by atoms with Crippen molar-refractivity contribution in [3.63, 3.8) is 0 Å². The number of nitrogens with zero attached hydrogens (tertiary/aromatic N) is 3. The van der Waals surface area contributed by atoms with Gasteiger partial charge in [0.1, 0.15) is 0 Å².